The number of fused-ring (bicyclic) bond motifs is 5. The number of hydrogen-bond donors (Lipinski definition) is 2. The number of hydrogen-bond acceptors (Lipinski definition) is 2. The number of carboxylic acids is 1. The molecule has 0 saturated heterocycles. The second-order valence-corrected chi connectivity index (χ2v) is 12.0. The molecule has 0 aliphatic heterocycles. The van der Waals surface area contributed by atoms with Gasteiger partial charge in [-0.05, 0) is 89.1 Å². The third-order valence-corrected chi connectivity index (χ3v) is 10.7. The minimum absolute atomic E-state index is 0.00627. The van der Waals surface area contributed by atoms with Crippen LogP contribution in [0.3, 0.4) is 0 Å². The standard InChI is InChI=1S/C26H40O3/c1-16(15-22(28)29)25(5)13-10-19-17-7-8-20-23(2,3)21(27)11-12-24(20,4)18(17)9-14-26(19,25)6/h7,10,16,18,20-21,27H,8-9,11-15H2,1-6H3,(H,28,29). The molecule has 7 unspecified atom stereocenters. The minimum Gasteiger partial charge on any atom is -0.481 e. The summed E-state index contributed by atoms with van der Waals surface area (Å²) in [6.45, 7) is 13.9. The molecule has 2 fully saturated rings. The maximum absolute atomic E-state index is 11.4. The van der Waals surface area contributed by atoms with E-state index in [1.54, 1.807) is 5.57 Å². The van der Waals surface area contributed by atoms with Gasteiger partial charge in [0.15, 0.2) is 0 Å². The molecule has 0 aromatic heterocycles. The first-order chi connectivity index (χ1) is 13.4. The van der Waals surface area contributed by atoms with E-state index in [0.717, 1.165) is 32.1 Å². The Balaban J connectivity index is 1.70. The molecule has 3 nitrogen and oxygen atoms in total. The number of aliphatic carboxylic acids is 1. The summed E-state index contributed by atoms with van der Waals surface area (Å²) in [4.78, 5) is 11.4. The lowest BCUT2D eigenvalue weighted by atomic mass is 9.43. The highest BCUT2D eigenvalue weighted by Crippen LogP contribution is 2.70. The number of aliphatic hydroxyl groups excluding tert-OH is 1. The number of carboxylic acid groups (broad SMARTS) is 1. The molecule has 3 heteroatoms. The van der Waals surface area contributed by atoms with Gasteiger partial charge in [0, 0.05) is 6.42 Å². The fraction of sp³-hybridized carbons (Fsp3) is 0.808. The van der Waals surface area contributed by atoms with E-state index in [2.05, 4.69) is 53.7 Å². The largest absolute Gasteiger partial charge is 0.481 e. The molecule has 4 rings (SSSR count). The Hall–Kier alpha value is -1.09. The van der Waals surface area contributed by atoms with Crippen LogP contribution in [0.25, 0.3) is 0 Å². The first kappa shape index (κ1) is 21.2. The summed E-state index contributed by atoms with van der Waals surface area (Å²) in [6.07, 6.45) is 11.4. The minimum atomic E-state index is -0.681. The highest BCUT2D eigenvalue weighted by Gasteiger charge is 2.61. The molecule has 0 aromatic carbocycles. The summed E-state index contributed by atoms with van der Waals surface area (Å²) in [5, 5.41) is 20.1. The van der Waals surface area contributed by atoms with Crippen LogP contribution in [-0.4, -0.2) is 22.3 Å². The molecule has 7 atom stereocenters. The Labute approximate surface area is 176 Å². The fourth-order valence-electron chi connectivity index (χ4n) is 8.19. The van der Waals surface area contributed by atoms with Crippen LogP contribution < -0.4 is 0 Å². The van der Waals surface area contributed by atoms with Gasteiger partial charge in [0.2, 0.25) is 0 Å². The molecule has 0 bridgehead atoms. The van der Waals surface area contributed by atoms with Crippen LogP contribution in [0.15, 0.2) is 23.3 Å². The van der Waals surface area contributed by atoms with Crippen molar-refractivity contribution in [3.63, 3.8) is 0 Å². The quantitative estimate of drug-likeness (QED) is 0.612. The monoisotopic (exact) mass is 400 g/mol. The normalized spacial score (nSPS) is 46.7. The van der Waals surface area contributed by atoms with Crippen molar-refractivity contribution in [2.24, 2.45) is 39.4 Å². The zero-order chi connectivity index (χ0) is 21.4. The molecule has 4 aliphatic carbocycles. The van der Waals surface area contributed by atoms with Gasteiger partial charge in [0.1, 0.15) is 0 Å². The van der Waals surface area contributed by atoms with Gasteiger partial charge in [-0.15, -0.1) is 0 Å². The lowest BCUT2D eigenvalue weighted by Crippen LogP contribution is -2.56. The molecular weight excluding hydrogens is 360 g/mol. The summed E-state index contributed by atoms with van der Waals surface area (Å²) in [6, 6.07) is 0. The van der Waals surface area contributed by atoms with Gasteiger partial charge in [-0.3, -0.25) is 4.79 Å². The van der Waals surface area contributed by atoms with Crippen LogP contribution >= 0.6 is 0 Å². The Morgan fingerprint density at radius 1 is 1.14 bits per heavy atom. The van der Waals surface area contributed by atoms with Gasteiger partial charge < -0.3 is 10.2 Å². The molecule has 2 N–H and O–H groups in total. The fourth-order valence-corrected chi connectivity index (χ4v) is 8.19. The predicted octanol–water partition coefficient (Wildman–Crippen LogP) is 5.98. The van der Waals surface area contributed by atoms with Crippen LogP contribution in [0.4, 0.5) is 0 Å². The predicted molar refractivity (Wildman–Crippen MR) is 116 cm³/mol. The third kappa shape index (κ3) is 2.68. The highest BCUT2D eigenvalue weighted by atomic mass is 16.4. The van der Waals surface area contributed by atoms with E-state index in [4.69, 9.17) is 0 Å². The number of carbonyl (C=O) groups is 1. The lowest BCUT2D eigenvalue weighted by molar-refractivity contribution is -0.140. The molecule has 162 valence electrons. The third-order valence-electron chi connectivity index (χ3n) is 10.7. The van der Waals surface area contributed by atoms with E-state index in [-0.39, 0.29) is 40.1 Å². The molecule has 0 radical (unpaired) electrons. The first-order valence-electron chi connectivity index (χ1n) is 11.7. The number of rotatable bonds is 3. The van der Waals surface area contributed by atoms with E-state index >= 15 is 0 Å². The highest BCUT2D eigenvalue weighted by molar-refractivity contribution is 5.67. The molecule has 0 aromatic rings. The SMILES string of the molecule is CC(CC(=O)O)C1(C)CC=C2C3=CCC4C(C)(C)C(O)CCC4(C)C3CCC21C. The smallest absolute Gasteiger partial charge is 0.303 e. The molecular formula is C26H40O3. The van der Waals surface area contributed by atoms with Gasteiger partial charge >= 0.3 is 5.97 Å². The van der Waals surface area contributed by atoms with Crippen LogP contribution in [0.2, 0.25) is 0 Å². The van der Waals surface area contributed by atoms with Crippen molar-refractivity contribution < 1.29 is 15.0 Å². The van der Waals surface area contributed by atoms with Crippen LogP contribution in [-0.2, 0) is 4.79 Å². The van der Waals surface area contributed by atoms with Crippen molar-refractivity contribution in [1.82, 2.24) is 0 Å². The lowest BCUT2D eigenvalue weighted by Gasteiger charge is -2.62. The maximum atomic E-state index is 11.4. The first-order valence-corrected chi connectivity index (χ1v) is 11.7. The van der Waals surface area contributed by atoms with E-state index in [1.165, 1.54) is 12.0 Å². The van der Waals surface area contributed by atoms with Gasteiger partial charge in [-0.25, -0.2) is 0 Å². The molecule has 2 saturated carbocycles. The summed E-state index contributed by atoms with van der Waals surface area (Å²) in [7, 11) is 0. The summed E-state index contributed by atoms with van der Waals surface area (Å²) in [5.74, 6) is 0.576. The average Bonchev–Trinajstić information content (AvgIpc) is 2.91. The maximum Gasteiger partial charge on any atom is 0.303 e. The topological polar surface area (TPSA) is 57.5 Å². The Bertz CT molecular complexity index is 777. The Kier molecular flexibility index (Phi) is 4.71. The number of allylic oxidation sites excluding steroid dienone is 4. The second-order valence-electron chi connectivity index (χ2n) is 12.0. The second kappa shape index (κ2) is 6.45. The van der Waals surface area contributed by atoms with Crippen molar-refractivity contribution in [3.05, 3.63) is 23.3 Å². The molecule has 4 aliphatic rings. The van der Waals surface area contributed by atoms with Crippen molar-refractivity contribution in [1.29, 1.82) is 0 Å². The molecule has 0 heterocycles. The van der Waals surface area contributed by atoms with Gasteiger partial charge in [-0.1, -0.05) is 53.7 Å². The van der Waals surface area contributed by atoms with E-state index in [9.17, 15) is 15.0 Å². The number of aliphatic hydroxyl groups is 1. The zero-order valence-corrected chi connectivity index (χ0v) is 19.2. The van der Waals surface area contributed by atoms with E-state index < -0.39 is 5.97 Å². The van der Waals surface area contributed by atoms with E-state index in [1.807, 2.05) is 0 Å². The van der Waals surface area contributed by atoms with Crippen LogP contribution in [0.1, 0.15) is 86.5 Å². The van der Waals surface area contributed by atoms with Gasteiger partial charge in [0.25, 0.3) is 0 Å². The molecule has 29 heavy (non-hydrogen) atoms. The van der Waals surface area contributed by atoms with Crippen molar-refractivity contribution in [2.45, 2.75) is 92.6 Å². The van der Waals surface area contributed by atoms with Crippen molar-refractivity contribution in [3.8, 4) is 0 Å². The van der Waals surface area contributed by atoms with E-state index in [0.29, 0.717) is 11.8 Å². The average molecular weight is 401 g/mol. The van der Waals surface area contributed by atoms with Crippen molar-refractivity contribution >= 4 is 5.97 Å². The van der Waals surface area contributed by atoms with Crippen LogP contribution in [0, 0.1) is 39.4 Å². The van der Waals surface area contributed by atoms with Crippen LogP contribution in [0.5, 0.6) is 0 Å². The van der Waals surface area contributed by atoms with Gasteiger partial charge in [-0.2, -0.15) is 0 Å². The summed E-state index contributed by atoms with van der Waals surface area (Å²) < 4.78 is 0. The molecule has 0 spiro atoms. The molecule has 0 amide bonds. The Morgan fingerprint density at radius 3 is 2.48 bits per heavy atom. The summed E-state index contributed by atoms with van der Waals surface area (Å²) in [5.41, 5.74) is 3.38. The van der Waals surface area contributed by atoms with Gasteiger partial charge in [0.05, 0.1) is 6.10 Å². The summed E-state index contributed by atoms with van der Waals surface area (Å²) >= 11 is 0. The zero-order valence-electron chi connectivity index (χ0n) is 19.2. The van der Waals surface area contributed by atoms with Crippen molar-refractivity contribution in [2.75, 3.05) is 0 Å². The Morgan fingerprint density at radius 2 is 1.83 bits per heavy atom.